The number of carbonyl (C=O) groups excluding carboxylic acids is 2. The molecule has 1 radical (unpaired) electrons. The van der Waals surface area contributed by atoms with Gasteiger partial charge in [-0.15, -0.1) is 0 Å². The highest BCUT2D eigenvalue weighted by Gasteiger charge is 2.87. The molecule has 0 aliphatic heterocycles. The van der Waals surface area contributed by atoms with Gasteiger partial charge < -0.3 is 14.2 Å². The maximum absolute atomic E-state index is 13.6. The van der Waals surface area contributed by atoms with Crippen LogP contribution >= 0.6 is 0 Å². The van der Waals surface area contributed by atoms with Crippen molar-refractivity contribution in [3.8, 4) is 0 Å². The molecule has 1 aromatic rings. The first kappa shape index (κ1) is 19.2. The highest BCUT2D eigenvalue weighted by atomic mass is 19.3. The largest absolute Gasteiger partial charge is 0.457 e. The molecule has 25 heavy (non-hydrogen) atoms. The Morgan fingerprint density at radius 1 is 1.24 bits per heavy atom. The van der Waals surface area contributed by atoms with E-state index in [1.54, 1.807) is 24.3 Å². The summed E-state index contributed by atoms with van der Waals surface area (Å²) in [5.41, 5.74) is -2.53. The van der Waals surface area contributed by atoms with Crippen LogP contribution in [0, 0.1) is 0 Å². The molecule has 1 aliphatic carbocycles. The van der Waals surface area contributed by atoms with Crippen LogP contribution in [0.5, 0.6) is 0 Å². The van der Waals surface area contributed by atoms with Gasteiger partial charge in [0.15, 0.2) is 0 Å². The lowest BCUT2D eigenvalue weighted by molar-refractivity contribution is -0.365. The minimum Gasteiger partial charge on any atom is -0.457 e. The Morgan fingerprint density at radius 2 is 1.88 bits per heavy atom. The summed E-state index contributed by atoms with van der Waals surface area (Å²) in [4.78, 5) is 22.2. The van der Waals surface area contributed by atoms with E-state index < -0.39 is 35.9 Å². The Bertz CT molecular complexity index is 622. The third-order valence-electron chi connectivity index (χ3n) is 3.76. The molecular weight excluding hydrogens is 348 g/mol. The van der Waals surface area contributed by atoms with Crippen molar-refractivity contribution in [2.45, 2.75) is 43.5 Å². The van der Waals surface area contributed by atoms with Crippen LogP contribution < -0.4 is 0 Å². The van der Waals surface area contributed by atoms with Crippen molar-refractivity contribution in [1.29, 1.82) is 0 Å². The van der Waals surface area contributed by atoms with E-state index >= 15 is 0 Å². The number of rotatable bonds is 8. The van der Waals surface area contributed by atoms with Crippen molar-refractivity contribution in [2.24, 2.45) is 0 Å². The van der Waals surface area contributed by atoms with E-state index in [0.717, 1.165) is 5.56 Å². The van der Waals surface area contributed by atoms with Gasteiger partial charge in [-0.3, -0.25) is 0 Å². The van der Waals surface area contributed by atoms with Crippen LogP contribution in [0.2, 0.25) is 0 Å². The average molecular weight is 363 g/mol. The SMILES string of the molecule is CC(COCc1ccccc1)OC(=O)C1(O[C]=O)CC(F)(F)C1(F)F. The van der Waals surface area contributed by atoms with Gasteiger partial charge in [-0.25, -0.2) is 9.59 Å². The first-order chi connectivity index (χ1) is 11.7. The minimum absolute atomic E-state index is 0.163. The van der Waals surface area contributed by atoms with Gasteiger partial charge in [0.25, 0.3) is 5.60 Å². The second-order valence-corrected chi connectivity index (χ2v) is 5.68. The van der Waals surface area contributed by atoms with Crippen LogP contribution in [0.15, 0.2) is 30.3 Å². The third-order valence-corrected chi connectivity index (χ3v) is 3.76. The standard InChI is InChI=1S/C16H15F4O5/c1-11(7-23-8-12-5-3-2-4-6-12)25-13(22)14(24-10-21)9-15(17,18)16(14,19)20/h2-6,11H,7-9H2,1H3. The number of hydrogen-bond acceptors (Lipinski definition) is 5. The molecule has 1 aliphatic rings. The molecule has 137 valence electrons. The van der Waals surface area contributed by atoms with E-state index in [1.165, 1.54) is 6.92 Å². The highest BCUT2D eigenvalue weighted by Crippen LogP contribution is 2.60. The van der Waals surface area contributed by atoms with Crippen LogP contribution in [0.3, 0.4) is 0 Å². The van der Waals surface area contributed by atoms with E-state index in [4.69, 9.17) is 9.47 Å². The Hall–Kier alpha value is -2.16. The van der Waals surface area contributed by atoms with Crippen LogP contribution in [-0.4, -0.2) is 42.6 Å². The number of ether oxygens (including phenoxy) is 3. The number of carbonyl (C=O) groups is 1. The minimum atomic E-state index is -4.88. The molecule has 0 saturated heterocycles. The lowest BCUT2D eigenvalue weighted by Gasteiger charge is -2.49. The summed E-state index contributed by atoms with van der Waals surface area (Å²) >= 11 is 0. The Morgan fingerprint density at radius 3 is 2.40 bits per heavy atom. The third kappa shape index (κ3) is 3.46. The second-order valence-electron chi connectivity index (χ2n) is 5.68. The summed E-state index contributed by atoms with van der Waals surface area (Å²) in [6, 6.07) is 8.97. The first-order valence-corrected chi connectivity index (χ1v) is 7.30. The molecule has 0 bridgehead atoms. The van der Waals surface area contributed by atoms with Gasteiger partial charge in [0.05, 0.1) is 19.6 Å². The molecule has 0 heterocycles. The Labute approximate surface area is 140 Å². The molecular formula is C16H15F4O5. The molecule has 0 amide bonds. The molecule has 1 fully saturated rings. The molecule has 1 saturated carbocycles. The van der Waals surface area contributed by atoms with Crippen molar-refractivity contribution in [2.75, 3.05) is 6.61 Å². The fourth-order valence-electron chi connectivity index (χ4n) is 2.37. The summed E-state index contributed by atoms with van der Waals surface area (Å²) in [6.45, 7) is 1.97. The molecule has 2 unspecified atom stereocenters. The zero-order chi connectivity index (χ0) is 18.7. The van der Waals surface area contributed by atoms with Crippen LogP contribution in [0.25, 0.3) is 0 Å². The lowest BCUT2D eigenvalue weighted by Crippen LogP contribution is -2.76. The quantitative estimate of drug-likeness (QED) is 0.525. The monoisotopic (exact) mass is 363 g/mol. The van der Waals surface area contributed by atoms with Gasteiger partial charge in [-0.1, -0.05) is 30.3 Å². The van der Waals surface area contributed by atoms with Gasteiger partial charge in [-0.2, -0.15) is 17.6 Å². The van der Waals surface area contributed by atoms with E-state index in [9.17, 15) is 27.2 Å². The Balaban J connectivity index is 1.92. The molecule has 0 N–H and O–H groups in total. The van der Waals surface area contributed by atoms with Crippen LogP contribution in [-0.2, 0) is 30.4 Å². The number of esters is 1. The molecule has 2 atom stereocenters. The van der Waals surface area contributed by atoms with Crippen LogP contribution in [0.1, 0.15) is 18.9 Å². The predicted molar refractivity (Wildman–Crippen MR) is 75.7 cm³/mol. The summed E-state index contributed by atoms with van der Waals surface area (Å²) < 4.78 is 67.1. The summed E-state index contributed by atoms with van der Waals surface area (Å²) in [7, 11) is 0. The van der Waals surface area contributed by atoms with E-state index in [0.29, 0.717) is 6.47 Å². The predicted octanol–water partition coefficient (Wildman–Crippen LogP) is 2.63. The van der Waals surface area contributed by atoms with Gasteiger partial charge in [0, 0.05) is 0 Å². The zero-order valence-corrected chi connectivity index (χ0v) is 13.1. The summed E-state index contributed by atoms with van der Waals surface area (Å²) in [6.07, 6.45) is -2.69. The fourth-order valence-corrected chi connectivity index (χ4v) is 2.37. The van der Waals surface area contributed by atoms with Crippen molar-refractivity contribution in [1.82, 2.24) is 0 Å². The number of hydrogen-bond donors (Lipinski definition) is 0. The Kier molecular flexibility index (Phi) is 5.36. The number of benzene rings is 1. The summed E-state index contributed by atoms with van der Waals surface area (Å²) in [5.74, 6) is -11.1. The normalized spacial score (nSPS) is 24.7. The van der Waals surface area contributed by atoms with E-state index in [2.05, 4.69) is 4.74 Å². The molecule has 0 aromatic heterocycles. The second kappa shape index (κ2) is 6.99. The number of halogens is 4. The molecule has 5 nitrogen and oxygen atoms in total. The van der Waals surface area contributed by atoms with Gasteiger partial charge in [0.1, 0.15) is 6.10 Å². The van der Waals surface area contributed by atoms with Crippen LogP contribution in [0.4, 0.5) is 17.6 Å². The lowest BCUT2D eigenvalue weighted by atomic mass is 9.72. The van der Waals surface area contributed by atoms with Crippen molar-refractivity contribution in [3.63, 3.8) is 0 Å². The van der Waals surface area contributed by atoms with Gasteiger partial charge in [-0.05, 0) is 12.5 Å². The summed E-state index contributed by atoms with van der Waals surface area (Å²) in [5, 5.41) is 0. The van der Waals surface area contributed by atoms with Crippen molar-refractivity contribution in [3.05, 3.63) is 35.9 Å². The first-order valence-electron chi connectivity index (χ1n) is 7.30. The maximum atomic E-state index is 13.6. The molecule has 2 rings (SSSR count). The van der Waals surface area contributed by atoms with E-state index in [1.807, 2.05) is 6.07 Å². The smallest absolute Gasteiger partial charge is 0.418 e. The molecule has 9 heteroatoms. The zero-order valence-electron chi connectivity index (χ0n) is 13.1. The van der Waals surface area contributed by atoms with Gasteiger partial charge >= 0.3 is 24.3 Å². The highest BCUT2D eigenvalue weighted by molar-refractivity contribution is 5.85. The van der Waals surface area contributed by atoms with Crippen molar-refractivity contribution >= 4 is 12.4 Å². The fraction of sp³-hybridized carbons (Fsp3) is 0.500. The van der Waals surface area contributed by atoms with Crippen molar-refractivity contribution < 1.29 is 41.4 Å². The molecule has 1 aromatic carbocycles. The molecule has 0 spiro atoms. The maximum Gasteiger partial charge on any atom is 0.418 e. The topological polar surface area (TPSA) is 61.8 Å². The van der Waals surface area contributed by atoms with Gasteiger partial charge in [0.2, 0.25) is 0 Å². The average Bonchev–Trinajstić information content (AvgIpc) is 2.54. The number of alkyl halides is 4. The van der Waals surface area contributed by atoms with E-state index in [-0.39, 0.29) is 13.2 Å².